The van der Waals surface area contributed by atoms with E-state index in [1.807, 2.05) is 0 Å². The molecule has 0 bridgehead atoms. The molecule has 2 aromatic rings. The van der Waals surface area contributed by atoms with E-state index >= 15 is 0 Å². The molecule has 0 fully saturated rings. The van der Waals surface area contributed by atoms with Crippen LogP contribution in [-0.2, 0) is 0 Å². The van der Waals surface area contributed by atoms with Gasteiger partial charge in [0.25, 0.3) is 0 Å². The fourth-order valence-electron chi connectivity index (χ4n) is 3.44. The van der Waals surface area contributed by atoms with Gasteiger partial charge in [-0.3, -0.25) is 9.98 Å². The average Bonchev–Trinajstić information content (AvgIpc) is 2.62. The minimum atomic E-state index is 0.436. The first-order valence-corrected chi connectivity index (χ1v) is 10.5. The normalized spacial score (nSPS) is 13.1. The Morgan fingerprint density at radius 2 is 0.964 bits per heavy atom. The van der Waals surface area contributed by atoms with Crippen LogP contribution in [0.15, 0.2) is 46.4 Å². The van der Waals surface area contributed by atoms with Gasteiger partial charge in [0.1, 0.15) is 0 Å². The molecule has 0 atom stereocenters. The second-order valence-corrected chi connectivity index (χ2v) is 8.66. The first kappa shape index (κ1) is 22.1. The van der Waals surface area contributed by atoms with Crippen molar-refractivity contribution in [2.24, 2.45) is 9.98 Å². The van der Waals surface area contributed by atoms with E-state index < -0.39 is 0 Å². The van der Waals surface area contributed by atoms with Crippen molar-refractivity contribution >= 4 is 22.8 Å². The van der Waals surface area contributed by atoms with Crippen molar-refractivity contribution in [3.63, 3.8) is 0 Å². The molecule has 0 spiro atoms. The molecule has 0 saturated carbocycles. The Kier molecular flexibility index (Phi) is 7.35. The molecule has 0 N–H and O–H groups in total. The zero-order chi connectivity index (χ0) is 21.0. The zero-order valence-electron chi connectivity index (χ0n) is 19.1. The van der Waals surface area contributed by atoms with Crippen LogP contribution in [0, 0.1) is 6.92 Å². The maximum absolute atomic E-state index is 5.09. The van der Waals surface area contributed by atoms with Crippen LogP contribution in [0.1, 0.15) is 95.4 Å². The molecule has 0 unspecified atom stereocenters. The lowest BCUT2D eigenvalue weighted by molar-refractivity contribution is 0.835. The van der Waals surface area contributed by atoms with E-state index in [0.29, 0.717) is 17.8 Å². The Labute approximate surface area is 171 Å². The van der Waals surface area contributed by atoms with E-state index in [1.165, 1.54) is 22.3 Å². The number of hydrogen-bond donors (Lipinski definition) is 0. The Balaban J connectivity index is 2.57. The lowest BCUT2D eigenvalue weighted by atomic mass is 9.93. The third-order valence-corrected chi connectivity index (χ3v) is 5.32. The number of para-hydroxylation sites is 2. The molecule has 0 aliphatic heterocycles. The van der Waals surface area contributed by atoms with Crippen molar-refractivity contribution in [2.75, 3.05) is 0 Å². The van der Waals surface area contributed by atoms with Gasteiger partial charge in [0.05, 0.1) is 22.8 Å². The Hall–Kier alpha value is -2.22. The quantitative estimate of drug-likeness (QED) is 0.453. The summed E-state index contributed by atoms with van der Waals surface area (Å²) in [5.74, 6) is 1.32. The van der Waals surface area contributed by atoms with E-state index in [-0.39, 0.29) is 0 Å². The van der Waals surface area contributed by atoms with Gasteiger partial charge in [0.15, 0.2) is 0 Å². The van der Waals surface area contributed by atoms with Crippen molar-refractivity contribution in [1.29, 1.82) is 0 Å². The molecule has 2 aromatic carbocycles. The topological polar surface area (TPSA) is 24.7 Å². The molecular formula is C26H36N2. The molecule has 0 heterocycles. The number of rotatable bonds is 6. The molecular weight excluding hydrogens is 340 g/mol. The predicted molar refractivity (Wildman–Crippen MR) is 125 cm³/mol. The van der Waals surface area contributed by atoms with Gasteiger partial charge in [0, 0.05) is 0 Å². The van der Waals surface area contributed by atoms with Gasteiger partial charge in [-0.25, -0.2) is 0 Å². The SMILES string of the molecule is CC(=N\c1c(C)cccc1C(C)C)/C(C)=N/c1c(C(C)C)cccc1C(C)C. The average molecular weight is 377 g/mol. The van der Waals surface area contributed by atoms with Crippen LogP contribution in [0.5, 0.6) is 0 Å². The largest absolute Gasteiger partial charge is 0.251 e. The van der Waals surface area contributed by atoms with Crippen LogP contribution >= 0.6 is 0 Å². The molecule has 150 valence electrons. The van der Waals surface area contributed by atoms with E-state index in [1.54, 1.807) is 0 Å². The first-order chi connectivity index (χ1) is 13.1. The summed E-state index contributed by atoms with van der Waals surface area (Å²) in [4.78, 5) is 10.1. The van der Waals surface area contributed by atoms with Gasteiger partial charge in [-0.15, -0.1) is 0 Å². The molecule has 0 aromatic heterocycles. The van der Waals surface area contributed by atoms with Gasteiger partial charge in [-0.05, 0) is 60.8 Å². The van der Waals surface area contributed by atoms with Crippen LogP contribution in [0.25, 0.3) is 0 Å². The second-order valence-electron chi connectivity index (χ2n) is 8.66. The summed E-state index contributed by atoms with van der Waals surface area (Å²) in [6.45, 7) is 19.7. The van der Waals surface area contributed by atoms with Crippen molar-refractivity contribution in [2.45, 2.75) is 80.1 Å². The van der Waals surface area contributed by atoms with E-state index in [9.17, 15) is 0 Å². The van der Waals surface area contributed by atoms with Crippen molar-refractivity contribution in [3.05, 3.63) is 58.7 Å². The fourth-order valence-corrected chi connectivity index (χ4v) is 3.44. The fraction of sp³-hybridized carbons (Fsp3) is 0.462. The van der Waals surface area contributed by atoms with E-state index in [4.69, 9.17) is 9.98 Å². The number of hydrogen-bond acceptors (Lipinski definition) is 2. The van der Waals surface area contributed by atoms with Crippen LogP contribution in [0.4, 0.5) is 11.4 Å². The van der Waals surface area contributed by atoms with Gasteiger partial charge in [0.2, 0.25) is 0 Å². The maximum Gasteiger partial charge on any atom is 0.0702 e. The number of benzene rings is 2. The Morgan fingerprint density at radius 1 is 0.607 bits per heavy atom. The third kappa shape index (κ3) is 4.98. The Bertz CT molecular complexity index is 857. The van der Waals surface area contributed by atoms with Gasteiger partial charge in [-0.1, -0.05) is 77.9 Å². The molecule has 2 heteroatoms. The van der Waals surface area contributed by atoms with Gasteiger partial charge < -0.3 is 0 Å². The first-order valence-electron chi connectivity index (χ1n) is 10.5. The zero-order valence-corrected chi connectivity index (χ0v) is 19.1. The molecule has 0 aliphatic carbocycles. The summed E-state index contributed by atoms with van der Waals surface area (Å²) < 4.78 is 0. The van der Waals surface area contributed by atoms with Crippen LogP contribution in [0.2, 0.25) is 0 Å². The maximum atomic E-state index is 5.09. The highest BCUT2D eigenvalue weighted by Crippen LogP contribution is 2.35. The van der Waals surface area contributed by atoms with Gasteiger partial charge >= 0.3 is 0 Å². The highest BCUT2D eigenvalue weighted by Gasteiger charge is 2.14. The summed E-state index contributed by atoms with van der Waals surface area (Å²) in [5.41, 5.74) is 9.27. The third-order valence-electron chi connectivity index (χ3n) is 5.32. The number of aryl methyl sites for hydroxylation is 1. The summed E-state index contributed by atoms with van der Waals surface area (Å²) in [5, 5.41) is 0. The van der Waals surface area contributed by atoms with Crippen molar-refractivity contribution in [3.8, 4) is 0 Å². The smallest absolute Gasteiger partial charge is 0.0702 e. The Morgan fingerprint density at radius 3 is 1.39 bits per heavy atom. The van der Waals surface area contributed by atoms with E-state index in [2.05, 4.69) is 98.7 Å². The lowest BCUT2D eigenvalue weighted by Crippen LogP contribution is -2.07. The highest BCUT2D eigenvalue weighted by atomic mass is 14.8. The monoisotopic (exact) mass is 376 g/mol. The molecule has 0 saturated heterocycles. The van der Waals surface area contributed by atoms with Crippen molar-refractivity contribution in [1.82, 2.24) is 0 Å². The second kappa shape index (κ2) is 9.32. The van der Waals surface area contributed by atoms with Crippen molar-refractivity contribution < 1.29 is 0 Å². The molecule has 0 aliphatic rings. The molecule has 2 nitrogen and oxygen atoms in total. The summed E-state index contributed by atoms with van der Waals surface area (Å²) in [7, 11) is 0. The predicted octanol–water partition coefficient (Wildman–Crippen LogP) is 8.25. The molecule has 2 rings (SSSR count). The van der Waals surface area contributed by atoms with Crippen LogP contribution in [0.3, 0.4) is 0 Å². The van der Waals surface area contributed by atoms with Crippen LogP contribution < -0.4 is 0 Å². The number of nitrogens with zero attached hydrogens (tertiary/aromatic N) is 2. The molecule has 0 amide bonds. The lowest BCUT2D eigenvalue weighted by Gasteiger charge is -2.17. The summed E-state index contributed by atoms with van der Waals surface area (Å²) >= 11 is 0. The highest BCUT2D eigenvalue weighted by molar-refractivity contribution is 6.41. The summed E-state index contributed by atoms with van der Waals surface area (Å²) in [6, 6.07) is 13.0. The minimum absolute atomic E-state index is 0.436. The summed E-state index contributed by atoms with van der Waals surface area (Å²) in [6.07, 6.45) is 0. The molecule has 0 radical (unpaired) electrons. The van der Waals surface area contributed by atoms with Crippen LogP contribution in [-0.4, -0.2) is 11.4 Å². The minimum Gasteiger partial charge on any atom is -0.251 e. The van der Waals surface area contributed by atoms with Gasteiger partial charge in [-0.2, -0.15) is 0 Å². The standard InChI is InChI=1S/C26H36N2/c1-16(2)22-13-10-12-19(7)25(22)27-20(8)21(9)28-26-23(17(3)4)14-11-15-24(26)18(5)6/h10-18H,1-9H3/b27-20+,28-21+. The number of aliphatic imine (C=N–C) groups is 2. The van der Waals surface area contributed by atoms with E-state index in [0.717, 1.165) is 22.8 Å². The molecule has 28 heavy (non-hydrogen) atoms.